The molecule has 36 heavy (non-hydrogen) atoms. The Morgan fingerprint density at radius 2 is 1.72 bits per heavy atom. The Labute approximate surface area is 207 Å². The van der Waals surface area contributed by atoms with Gasteiger partial charge in [-0.05, 0) is 58.3 Å². The van der Waals surface area contributed by atoms with Crippen molar-refractivity contribution in [1.29, 1.82) is 0 Å². The molecule has 4 unspecified atom stereocenters. The number of primary amides is 1. The largest absolute Gasteiger partial charge is 0.510 e. The smallest absolute Gasteiger partial charge is 0.255 e. The zero-order valence-electron chi connectivity index (χ0n) is 20.3. The van der Waals surface area contributed by atoms with E-state index in [0.717, 1.165) is 0 Å². The van der Waals surface area contributed by atoms with E-state index < -0.39 is 58.0 Å². The average Bonchev–Trinajstić information content (AvgIpc) is 2.79. The Morgan fingerprint density at radius 1 is 1.11 bits per heavy atom. The summed E-state index contributed by atoms with van der Waals surface area (Å²) in [5.74, 6) is 4.21. The summed E-state index contributed by atoms with van der Waals surface area (Å²) in [6.07, 6.45) is 0.188. The zero-order chi connectivity index (χ0) is 26.7. The van der Waals surface area contributed by atoms with Crippen molar-refractivity contribution in [2.24, 2.45) is 17.6 Å². The number of nitrogens with zero attached hydrogens (tertiary/aromatic N) is 1. The van der Waals surface area contributed by atoms with E-state index in [1.54, 1.807) is 34.0 Å². The predicted octanol–water partition coefficient (Wildman–Crippen LogP) is 0.863. The molecule has 0 radical (unpaired) electrons. The minimum absolute atomic E-state index is 0.0159. The zero-order valence-corrected chi connectivity index (χ0v) is 20.3. The number of carbonyl (C=O) groups excluding carboxylic acids is 3. The highest BCUT2D eigenvalue weighted by Crippen LogP contribution is 2.52. The number of hydrogen-bond acceptors (Lipinski definition) is 8. The molecule has 1 aromatic carbocycles. The first-order valence-corrected chi connectivity index (χ1v) is 11.3. The number of aliphatic hydroxyl groups is 3. The topological polar surface area (TPSA) is 161 Å². The van der Waals surface area contributed by atoms with Gasteiger partial charge in [0.1, 0.15) is 22.8 Å². The van der Waals surface area contributed by atoms with E-state index in [1.807, 2.05) is 0 Å². The maximum absolute atomic E-state index is 13.8. The predicted molar refractivity (Wildman–Crippen MR) is 129 cm³/mol. The lowest BCUT2D eigenvalue weighted by Gasteiger charge is -2.50. The number of aliphatic hydroxyl groups excluding tert-OH is 2. The number of carbonyl (C=O) groups is 3. The summed E-state index contributed by atoms with van der Waals surface area (Å²) in [6.45, 7) is 3.20. The van der Waals surface area contributed by atoms with Crippen molar-refractivity contribution in [2.75, 3.05) is 14.1 Å². The second kappa shape index (κ2) is 8.56. The van der Waals surface area contributed by atoms with E-state index in [0.29, 0.717) is 11.1 Å². The average molecular weight is 491 g/mol. The summed E-state index contributed by atoms with van der Waals surface area (Å²) >= 11 is 0. The number of aromatic hydroxyl groups is 1. The molecule has 0 fully saturated rings. The molecule has 1 aromatic rings. The molecule has 9 nitrogen and oxygen atoms in total. The van der Waals surface area contributed by atoms with Crippen LogP contribution in [0, 0.1) is 35.5 Å². The highest BCUT2D eigenvalue weighted by molar-refractivity contribution is 6.24. The Kier molecular flexibility index (Phi) is 5.96. The first-order chi connectivity index (χ1) is 16.9. The van der Waals surface area contributed by atoms with E-state index in [4.69, 9.17) is 5.73 Å². The lowest BCUT2D eigenvalue weighted by atomic mass is 9.58. The lowest BCUT2D eigenvalue weighted by Crippen LogP contribution is -2.63. The van der Waals surface area contributed by atoms with Gasteiger partial charge in [0.2, 0.25) is 5.78 Å². The normalized spacial score (nSPS) is 26.9. The van der Waals surface area contributed by atoms with Crippen molar-refractivity contribution >= 4 is 17.5 Å². The Morgan fingerprint density at radius 3 is 2.28 bits per heavy atom. The van der Waals surface area contributed by atoms with Crippen LogP contribution >= 0.6 is 0 Å². The Bertz CT molecular complexity index is 1430. The standard InChI is InChI=1S/C27H26N2O7/c1-5-7-12-9-13(8-6-2)21(30)18-15(12)10-14-11-16-20(29(3)4)23(32)19(26(28)35)25(34)27(16,36)24(33)17(14)22(18)31/h9,14,16,20,30,32-33,36H,10-11H2,1-4H3,(H2,28,35). The van der Waals surface area contributed by atoms with Gasteiger partial charge in [0.05, 0.1) is 17.2 Å². The summed E-state index contributed by atoms with van der Waals surface area (Å²) in [4.78, 5) is 40.6. The van der Waals surface area contributed by atoms with Crippen LogP contribution < -0.4 is 5.73 Å². The van der Waals surface area contributed by atoms with Crippen LogP contribution in [0.5, 0.6) is 5.75 Å². The van der Waals surface area contributed by atoms with Gasteiger partial charge in [-0.1, -0.05) is 11.8 Å². The molecular formula is C27H26N2O7. The van der Waals surface area contributed by atoms with Gasteiger partial charge in [-0.2, -0.15) is 0 Å². The van der Waals surface area contributed by atoms with Gasteiger partial charge >= 0.3 is 0 Å². The Balaban J connectivity index is 2.01. The molecule has 0 bridgehead atoms. The summed E-state index contributed by atoms with van der Waals surface area (Å²) in [6, 6.07) is 0.559. The molecule has 4 atom stereocenters. The molecule has 3 aliphatic carbocycles. The maximum Gasteiger partial charge on any atom is 0.255 e. The molecule has 3 aliphatic rings. The van der Waals surface area contributed by atoms with E-state index in [9.17, 15) is 34.8 Å². The minimum Gasteiger partial charge on any atom is -0.510 e. The van der Waals surface area contributed by atoms with Crippen LogP contribution in [0.2, 0.25) is 0 Å². The molecule has 186 valence electrons. The second-order valence-electron chi connectivity index (χ2n) is 9.39. The molecular weight excluding hydrogens is 464 g/mol. The molecule has 0 spiro atoms. The molecule has 6 N–H and O–H groups in total. The molecule has 0 heterocycles. The fourth-order valence-corrected chi connectivity index (χ4v) is 5.79. The number of phenolic OH excluding ortho intramolecular Hbond substituents is 1. The fourth-order valence-electron chi connectivity index (χ4n) is 5.79. The summed E-state index contributed by atoms with van der Waals surface area (Å²) in [7, 11) is 3.16. The van der Waals surface area contributed by atoms with Crippen LogP contribution in [0.4, 0.5) is 0 Å². The van der Waals surface area contributed by atoms with Crippen LogP contribution in [0.1, 0.15) is 47.3 Å². The van der Waals surface area contributed by atoms with Gasteiger partial charge in [0, 0.05) is 17.1 Å². The van der Waals surface area contributed by atoms with Crippen molar-refractivity contribution in [3.63, 3.8) is 0 Å². The number of rotatable bonds is 2. The number of ketones is 2. The van der Waals surface area contributed by atoms with Gasteiger partial charge in [-0.3, -0.25) is 19.3 Å². The van der Waals surface area contributed by atoms with E-state index in [1.165, 1.54) is 4.90 Å². The van der Waals surface area contributed by atoms with E-state index in [2.05, 4.69) is 23.7 Å². The summed E-state index contributed by atoms with van der Waals surface area (Å²) in [5.41, 5.74) is 2.65. The first-order valence-electron chi connectivity index (χ1n) is 11.3. The van der Waals surface area contributed by atoms with Crippen molar-refractivity contribution in [2.45, 2.75) is 38.3 Å². The highest BCUT2D eigenvalue weighted by atomic mass is 16.3. The van der Waals surface area contributed by atoms with Gasteiger partial charge in [-0.25, -0.2) is 0 Å². The fraction of sp³-hybridized carbons (Fsp3) is 0.370. The van der Waals surface area contributed by atoms with Crippen LogP contribution in [0.15, 0.2) is 28.7 Å². The van der Waals surface area contributed by atoms with Gasteiger partial charge in [0.25, 0.3) is 5.91 Å². The number of nitrogens with two attached hydrogens (primary N) is 1. The third kappa shape index (κ3) is 3.25. The monoisotopic (exact) mass is 490 g/mol. The van der Waals surface area contributed by atoms with E-state index >= 15 is 0 Å². The van der Waals surface area contributed by atoms with Crippen molar-refractivity contribution in [3.8, 4) is 29.4 Å². The van der Waals surface area contributed by atoms with Crippen LogP contribution in [0.3, 0.4) is 0 Å². The molecule has 0 saturated heterocycles. The summed E-state index contributed by atoms with van der Waals surface area (Å²) < 4.78 is 0. The van der Waals surface area contributed by atoms with Gasteiger partial charge in [-0.15, -0.1) is 11.8 Å². The van der Waals surface area contributed by atoms with Gasteiger partial charge in [0.15, 0.2) is 11.4 Å². The van der Waals surface area contributed by atoms with Crippen LogP contribution in [0.25, 0.3) is 0 Å². The third-order valence-electron chi connectivity index (χ3n) is 7.24. The summed E-state index contributed by atoms with van der Waals surface area (Å²) in [5, 5.41) is 44.7. The second-order valence-corrected chi connectivity index (χ2v) is 9.39. The molecule has 0 saturated carbocycles. The molecule has 9 heteroatoms. The molecule has 4 rings (SSSR count). The third-order valence-corrected chi connectivity index (χ3v) is 7.24. The number of phenols is 1. The SMILES string of the molecule is CC#Cc1cc(C#CC)c2c(c1O)C(=O)C1=C(O)C3(O)C(=O)C(C(N)=O)=C(O)C(N(C)C)C3CC1C2. The van der Waals surface area contributed by atoms with Gasteiger partial charge < -0.3 is 26.2 Å². The quantitative estimate of drug-likeness (QED) is 0.301. The minimum atomic E-state index is -2.67. The van der Waals surface area contributed by atoms with E-state index in [-0.39, 0.29) is 35.3 Å². The number of benzene rings is 1. The first kappa shape index (κ1) is 25.1. The van der Waals surface area contributed by atoms with Crippen molar-refractivity contribution in [1.82, 2.24) is 4.90 Å². The maximum atomic E-state index is 13.8. The number of hydrogen-bond donors (Lipinski definition) is 5. The lowest BCUT2D eigenvalue weighted by molar-refractivity contribution is -0.148. The number of fused-ring (bicyclic) bond motifs is 3. The van der Waals surface area contributed by atoms with Crippen LogP contribution in [-0.4, -0.2) is 68.5 Å². The molecule has 0 aromatic heterocycles. The highest BCUT2D eigenvalue weighted by Gasteiger charge is 2.63. The number of amides is 1. The molecule has 1 amide bonds. The number of allylic oxidation sites excluding steroid dienone is 1. The van der Waals surface area contributed by atoms with Crippen molar-refractivity contribution < 1.29 is 34.8 Å². The van der Waals surface area contributed by atoms with Crippen LogP contribution in [-0.2, 0) is 16.0 Å². The number of Topliss-reactive ketones (excluding diaryl/α,β-unsaturated/α-hetero) is 2. The number of likely N-dealkylation sites (N-methyl/N-ethyl adjacent to an activating group) is 1. The Hall–Kier alpha value is -4.05. The van der Waals surface area contributed by atoms with Crippen molar-refractivity contribution in [3.05, 3.63) is 51.0 Å². The molecule has 0 aliphatic heterocycles.